The van der Waals surface area contributed by atoms with Crippen LogP contribution < -0.4 is 0 Å². The summed E-state index contributed by atoms with van der Waals surface area (Å²) in [7, 11) is 0. The largest absolute Gasteiger partial charge is 0.116 e. The van der Waals surface area contributed by atoms with E-state index in [9.17, 15) is 0 Å². The predicted octanol–water partition coefficient (Wildman–Crippen LogP) is 7.99. The van der Waals surface area contributed by atoms with Crippen molar-refractivity contribution in [1.82, 2.24) is 0 Å². The van der Waals surface area contributed by atoms with Crippen molar-refractivity contribution in [3.05, 3.63) is 25.4 Å². The Morgan fingerprint density at radius 1 is 0.522 bits per heavy atom. The zero-order valence-corrected chi connectivity index (χ0v) is 18.9. The highest BCUT2D eigenvalue weighted by molar-refractivity contribution is 8.45. The van der Waals surface area contributed by atoms with Crippen molar-refractivity contribution in [1.29, 1.82) is 0 Å². The van der Waals surface area contributed by atoms with Gasteiger partial charge < -0.3 is 0 Å². The molecule has 1 aliphatic carbocycles. The average molecular weight is 453 g/mol. The molecule has 5 rings (SSSR count). The van der Waals surface area contributed by atoms with Crippen molar-refractivity contribution in [2.45, 2.75) is 42.6 Å². The molecule has 0 N–H and O–H groups in total. The lowest BCUT2D eigenvalue weighted by Crippen LogP contribution is -2.20. The second-order valence-corrected chi connectivity index (χ2v) is 16.1. The molecule has 0 nitrogen and oxygen atoms in total. The summed E-state index contributed by atoms with van der Waals surface area (Å²) in [4.78, 5) is 0. The molecule has 1 saturated carbocycles. The van der Waals surface area contributed by atoms with E-state index in [0.717, 1.165) is 10.5 Å². The SMILES string of the molecule is C1CCC2SC3=C(SC(=C4SC5=C(SCCS5)S4)S3)SC2CC1. The highest BCUT2D eigenvalue weighted by atomic mass is 32.3. The predicted molar refractivity (Wildman–Crippen MR) is 122 cm³/mol. The minimum Gasteiger partial charge on any atom is -0.116 e. The molecule has 124 valence electrons. The van der Waals surface area contributed by atoms with Gasteiger partial charge in [0, 0.05) is 22.0 Å². The molecule has 0 spiro atoms. The van der Waals surface area contributed by atoms with E-state index in [0.29, 0.717) is 0 Å². The van der Waals surface area contributed by atoms with Gasteiger partial charge in [-0.2, -0.15) is 0 Å². The molecule has 0 aromatic heterocycles. The minimum atomic E-state index is 0.875. The summed E-state index contributed by atoms with van der Waals surface area (Å²) in [6.45, 7) is 0. The molecule has 0 aromatic carbocycles. The average Bonchev–Trinajstić information content (AvgIpc) is 3.10. The van der Waals surface area contributed by atoms with Crippen LogP contribution in [0.2, 0.25) is 0 Å². The second-order valence-electron chi connectivity index (χ2n) is 5.78. The van der Waals surface area contributed by atoms with Crippen molar-refractivity contribution in [2.75, 3.05) is 11.5 Å². The zero-order chi connectivity index (χ0) is 15.2. The van der Waals surface area contributed by atoms with Crippen molar-refractivity contribution in [3.8, 4) is 0 Å². The molecule has 1 fully saturated rings. The fourth-order valence-electron chi connectivity index (χ4n) is 3.09. The van der Waals surface area contributed by atoms with E-state index in [1.54, 1.807) is 25.4 Å². The first kappa shape index (κ1) is 17.1. The van der Waals surface area contributed by atoms with Crippen molar-refractivity contribution in [3.63, 3.8) is 0 Å². The summed E-state index contributed by atoms with van der Waals surface area (Å²) in [5.41, 5.74) is 0. The zero-order valence-electron chi connectivity index (χ0n) is 12.4. The minimum absolute atomic E-state index is 0.875. The Morgan fingerprint density at radius 2 is 1.00 bits per heavy atom. The standard InChI is InChI=1S/C15H16S8/c1-2-4-8-9(5-3-1)19-13-12(18-8)22-15(23-13)14-20-10-11(21-14)17-7-6-16-10/h8-9H,1-7H2. The van der Waals surface area contributed by atoms with Crippen molar-refractivity contribution in [2.24, 2.45) is 0 Å². The van der Waals surface area contributed by atoms with E-state index in [1.165, 1.54) is 43.6 Å². The lowest BCUT2D eigenvalue weighted by atomic mass is 10.2. The van der Waals surface area contributed by atoms with Crippen LogP contribution in [0.4, 0.5) is 0 Å². The van der Waals surface area contributed by atoms with Crippen LogP contribution in [-0.4, -0.2) is 22.0 Å². The van der Waals surface area contributed by atoms with Crippen LogP contribution in [0.5, 0.6) is 0 Å². The molecule has 4 aliphatic heterocycles. The number of rotatable bonds is 0. The van der Waals surface area contributed by atoms with Crippen LogP contribution in [0, 0.1) is 0 Å². The highest BCUT2D eigenvalue weighted by Gasteiger charge is 2.38. The summed E-state index contributed by atoms with van der Waals surface area (Å²) in [6.07, 6.45) is 7.21. The van der Waals surface area contributed by atoms with Crippen LogP contribution in [0.25, 0.3) is 0 Å². The molecule has 5 aliphatic rings. The first-order chi connectivity index (χ1) is 11.4. The van der Waals surface area contributed by atoms with E-state index in [1.807, 2.05) is 23.5 Å². The maximum atomic E-state index is 2.21. The van der Waals surface area contributed by atoms with E-state index in [-0.39, 0.29) is 0 Å². The Bertz CT molecular complexity index is 571. The second kappa shape index (κ2) is 7.56. The third-order valence-corrected chi connectivity index (χ3v) is 16.9. The topological polar surface area (TPSA) is 0 Å². The van der Waals surface area contributed by atoms with Gasteiger partial charge in [0.15, 0.2) is 0 Å². The molecule has 2 unspecified atom stereocenters. The van der Waals surface area contributed by atoms with Crippen LogP contribution in [-0.2, 0) is 0 Å². The number of fused-ring (bicyclic) bond motifs is 1. The summed E-state index contributed by atoms with van der Waals surface area (Å²) in [6, 6.07) is 0. The summed E-state index contributed by atoms with van der Waals surface area (Å²) < 4.78 is 9.52. The highest BCUT2D eigenvalue weighted by Crippen LogP contribution is 2.69. The van der Waals surface area contributed by atoms with E-state index >= 15 is 0 Å². The number of hydrogen-bond donors (Lipinski definition) is 0. The molecule has 23 heavy (non-hydrogen) atoms. The van der Waals surface area contributed by atoms with Gasteiger partial charge >= 0.3 is 0 Å². The monoisotopic (exact) mass is 452 g/mol. The Morgan fingerprint density at radius 3 is 1.52 bits per heavy atom. The number of thioether (sulfide) groups is 8. The van der Waals surface area contributed by atoms with Gasteiger partial charge in [-0.05, 0) is 12.8 Å². The van der Waals surface area contributed by atoms with Gasteiger partial charge in [0.1, 0.15) is 0 Å². The quantitative estimate of drug-likeness (QED) is 0.358. The molecule has 4 heterocycles. The van der Waals surface area contributed by atoms with E-state index in [4.69, 9.17) is 0 Å². The van der Waals surface area contributed by atoms with Crippen LogP contribution in [0.1, 0.15) is 32.1 Å². The lowest BCUT2D eigenvalue weighted by Gasteiger charge is -2.28. The van der Waals surface area contributed by atoms with Gasteiger partial charge in [0.05, 0.1) is 25.4 Å². The Hall–Kier alpha value is 2.02. The lowest BCUT2D eigenvalue weighted by molar-refractivity contribution is 0.704. The van der Waals surface area contributed by atoms with Gasteiger partial charge in [-0.3, -0.25) is 0 Å². The fraction of sp³-hybridized carbons (Fsp3) is 0.600. The van der Waals surface area contributed by atoms with Crippen LogP contribution in [0.3, 0.4) is 0 Å². The molecule has 8 heteroatoms. The Balaban J connectivity index is 1.32. The first-order valence-corrected chi connectivity index (χ1v) is 14.9. The maximum absolute atomic E-state index is 2.21. The Labute approximate surface area is 172 Å². The summed E-state index contributed by atoms with van der Waals surface area (Å²) in [5, 5.41) is 1.75. The van der Waals surface area contributed by atoms with Crippen molar-refractivity contribution >= 4 is 94.1 Å². The third-order valence-electron chi connectivity index (χ3n) is 4.20. The molecule has 0 amide bonds. The van der Waals surface area contributed by atoms with Gasteiger partial charge in [-0.1, -0.05) is 66.3 Å². The first-order valence-electron chi connectivity index (χ1n) is 7.90. The van der Waals surface area contributed by atoms with Gasteiger partial charge in [-0.15, -0.1) is 47.0 Å². The van der Waals surface area contributed by atoms with E-state index in [2.05, 4.69) is 70.6 Å². The molecule has 0 radical (unpaired) electrons. The molecule has 0 saturated heterocycles. The third kappa shape index (κ3) is 3.58. The maximum Gasteiger partial charge on any atom is 0.0717 e. The molecular formula is C15H16S8. The van der Waals surface area contributed by atoms with Gasteiger partial charge in [-0.25, -0.2) is 0 Å². The Kier molecular flexibility index (Phi) is 5.64. The van der Waals surface area contributed by atoms with E-state index < -0.39 is 0 Å². The smallest absolute Gasteiger partial charge is 0.0717 e. The molecule has 2 atom stereocenters. The molecule has 0 aromatic rings. The van der Waals surface area contributed by atoms with Gasteiger partial charge in [0.2, 0.25) is 0 Å². The fourth-order valence-corrected chi connectivity index (χ4v) is 16.3. The normalized spacial score (nSPS) is 34.4. The summed E-state index contributed by atoms with van der Waals surface area (Å²) >= 11 is 16.8. The summed E-state index contributed by atoms with van der Waals surface area (Å²) in [5.74, 6) is 2.56. The molecular weight excluding hydrogens is 437 g/mol. The molecule has 0 bridgehead atoms. The van der Waals surface area contributed by atoms with Crippen LogP contribution >= 0.6 is 94.1 Å². The van der Waals surface area contributed by atoms with Crippen LogP contribution in [0.15, 0.2) is 25.4 Å². The number of hydrogen-bond acceptors (Lipinski definition) is 8. The van der Waals surface area contributed by atoms with Crippen molar-refractivity contribution < 1.29 is 0 Å². The van der Waals surface area contributed by atoms with Gasteiger partial charge in [0.25, 0.3) is 0 Å².